The van der Waals surface area contributed by atoms with Gasteiger partial charge in [0.1, 0.15) is 23.4 Å². The van der Waals surface area contributed by atoms with Crippen LogP contribution in [0.2, 0.25) is 10.0 Å². The monoisotopic (exact) mass is 407 g/mol. The standard InChI is InChI=1S/C19H16Cl2FN3O2/c1-25-8-7-23-19(25)18(12-3-2-4-13(22)9-12)24-17(26)11-27-14-5-6-15(20)16(21)10-14/h2-10,18H,11H2,1H3,(H,24,26). The highest BCUT2D eigenvalue weighted by molar-refractivity contribution is 6.42. The van der Waals surface area contributed by atoms with Crippen molar-refractivity contribution in [3.63, 3.8) is 0 Å². The molecule has 0 radical (unpaired) electrons. The maximum atomic E-state index is 13.7. The van der Waals surface area contributed by atoms with E-state index in [-0.39, 0.29) is 6.61 Å². The molecule has 0 saturated heterocycles. The van der Waals surface area contributed by atoms with Crippen LogP contribution in [-0.4, -0.2) is 22.1 Å². The number of aromatic nitrogens is 2. The minimum Gasteiger partial charge on any atom is -0.484 e. The predicted molar refractivity (Wildman–Crippen MR) is 102 cm³/mol. The summed E-state index contributed by atoms with van der Waals surface area (Å²) in [6.45, 7) is -0.242. The normalized spacial score (nSPS) is 11.9. The van der Waals surface area contributed by atoms with Crippen molar-refractivity contribution in [2.45, 2.75) is 6.04 Å². The zero-order chi connectivity index (χ0) is 19.4. The van der Waals surface area contributed by atoms with E-state index >= 15 is 0 Å². The number of rotatable bonds is 6. The molecule has 8 heteroatoms. The molecule has 1 amide bonds. The second kappa shape index (κ2) is 8.41. The number of halogens is 3. The van der Waals surface area contributed by atoms with E-state index in [1.165, 1.54) is 18.2 Å². The molecule has 0 aliphatic heterocycles. The van der Waals surface area contributed by atoms with Crippen LogP contribution in [0.3, 0.4) is 0 Å². The molecule has 0 bridgehead atoms. The van der Waals surface area contributed by atoms with E-state index in [0.29, 0.717) is 27.2 Å². The van der Waals surface area contributed by atoms with Crippen molar-refractivity contribution in [3.05, 3.63) is 82.1 Å². The lowest BCUT2D eigenvalue weighted by Crippen LogP contribution is -2.34. The second-order valence-corrected chi connectivity index (χ2v) is 6.63. The number of hydrogen-bond donors (Lipinski definition) is 1. The van der Waals surface area contributed by atoms with Crippen LogP contribution in [0.15, 0.2) is 54.9 Å². The summed E-state index contributed by atoms with van der Waals surface area (Å²) in [4.78, 5) is 16.7. The Morgan fingerprint density at radius 3 is 2.74 bits per heavy atom. The van der Waals surface area contributed by atoms with E-state index < -0.39 is 17.8 Å². The summed E-state index contributed by atoms with van der Waals surface area (Å²) in [7, 11) is 1.80. The Morgan fingerprint density at radius 1 is 1.26 bits per heavy atom. The molecule has 1 heterocycles. The topological polar surface area (TPSA) is 56.2 Å². The zero-order valence-corrected chi connectivity index (χ0v) is 15.8. The third-order valence-electron chi connectivity index (χ3n) is 3.86. The molecule has 0 aliphatic rings. The summed E-state index contributed by atoms with van der Waals surface area (Å²) in [6.07, 6.45) is 3.36. The van der Waals surface area contributed by atoms with E-state index in [0.717, 1.165) is 0 Å². The van der Waals surface area contributed by atoms with Crippen molar-refractivity contribution in [2.75, 3.05) is 6.61 Å². The number of imidazole rings is 1. The smallest absolute Gasteiger partial charge is 0.258 e. The summed E-state index contributed by atoms with van der Waals surface area (Å²) in [5.41, 5.74) is 0.576. The van der Waals surface area contributed by atoms with Gasteiger partial charge in [0.15, 0.2) is 6.61 Å². The molecule has 1 aromatic heterocycles. The number of nitrogens with zero attached hydrogens (tertiary/aromatic N) is 2. The molecule has 2 aromatic carbocycles. The number of amides is 1. The van der Waals surface area contributed by atoms with Gasteiger partial charge in [0.05, 0.1) is 10.0 Å². The highest BCUT2D eigenvalue weighted by Gasteiger charge is 2.21. The zero-order valence-electron chi connectivity index (χ0n) is 14.3. The van der Waals surface area contributed by atoms with Crippen molar-refractivity contribution in [1.29, 1.82) is 0 Å². The molecule has 5 nitrogen and oxygen atoms in total. The first-order valence-corrected chi connectivity index (χ1v) is 8.79. The maximum absolute atomic E-state index is 13.7. The van der Waals surface area contributed by atoms with Crippen LogP contribution in [0.25, 0.3) is 0 Å². The van der Waals surface area contributed by atoms with Crippen molar-refractivity contribution >= 4 is 29.1 Å². The van der Waals surface area contributed by atoms with Gasteiger partial charge < -0.3 is 14.6 Å². The molecular formula is C19H16Cl2FN3O2. The summed E-state index contributed by atoms with van der Waals surface area (Å²) >= 11 is 11.8. The molecule has 0 fully saturated rings. The van der Waals surface area contributed by atoms with Crippen molar-refractivity contribution in [3.8, 4) is 5.75 Å². The molecule has 27 heavy (non-hydrogen) atoms. The van der Waals surface area contributed by atoms with Gasteiger partial charge in [0, 0.05) is 25.5 Å². The molecule has 0 saturated carbocycles. The summed E-state index contributed by atoms with van der Waals surface area (Å²) in [6, 6.07) is 10.1. The van der Waals surface area contributed by atoms with Crippen LogP contribution in [0.1, 0.15) is 17.4 Å². The molecule has 1 atom stereocenters. The van der Waals surface area contributed by atoms with Gasteiger partial charge in [-0.2, -0.15) is 0 Å². The van der Waals surface area contributed by atoms with Gasteiger partial charge in [-0.15, -0.1) is 0 Å². The van der Waals surface area contributed by atoms with Crippen LogP contribution < -0.4 is 10.1 Å². The Labute approximate surface area is 165 Å². The molecule has 1 N–H and O–H groups in total. The van der Waals surface area contributed by atoms with Crippen molar-refractivity contribution in [1.82, 2.24) is 14.9 Å². The quantitative estimate of drug-likeness (QED) is 0.667. The minimum absolute atomic E-state index is 0.242. The lowest BCUT2D eigenvalue weighted by Gasteiger charge is -2.19. The van der Waals surface area contributed by atoms with E-state index in [2.05, 4.69) is 10.3 Å². The first-order chi connectivity index (χ1) is 12.9. The van der Waals surface area contributed by atoms with Crippen LogP contribution in [0.5, 0.6) is 5.75 Å². The maximum Gasteiger partial charge on any atom is 0.258 e. The van der Waals surface area contributed by atoms with Gasteiger partial charge in [-0.25, -0.2) is 9.37 Å². The molecule has 3 aromatic rings. The van der Waals surface area contributed by atoms with Crippen molar-refractivity contribution < 1.29 is 13.9 Å². The molecule has 140 valence electrons. The number of carbonyl (C=O) groups is 1. The number of hydrogen-bond acceptors (Lipinski definition) is 3. The fraction of sp³-hybridized carbons (Fsp3) is 0.158. The van der Waals surface area contributed by atoms with Crippen LogP contribution in [0.4, 0.5) is 4.39 Å². The Bertz CT molecular complexity index is 962. The molecule has 1 unspecified atom stereocenters. The lowest BCUT2D eigenvalue weighted by molar-refractivity contribution is -0.123. The van der Waals surface area contributed by atoms with Gasteiger partial charge >= 0.3 is 0 Å². The van der Waals surface area contributed by atoms with Crippen LogP contribution >= 0.6 is 23.2 Å². The fourth-order valence-corrected chi connectivity index (χ4v) is 2.84. The van der Waals surface area contributed by atoms with E-state index in [1.807, 2.05) is 0 Å². The predicted octanol–water partition coefficient (Wildman–Crippen LogP) is 4.15. The number of aryl methyl sites for hydroxylation is 1. The average molecular weight is 408 g/mol. The highest BCUT2D eigenvalue weighted by atomic mass is 35.5. The van der Waals surface area contributed by atoms with Crippen LogP contribution in [0, 0.1) is 5.82 Å². The summed E-state index contributed by atoms with van der Waals surface area (Å²) < 4.78 is 20.9. The first kappa shape index (κ1) is 19.2. The number of ether oxygens (including phenoxy) is 1. The van der Waals surface area contributed by atoms with Gasteiger partial charge in [-0.3, -0.25) is 4.79 Å². The molecule has 0 aliphatic carbocycles. The molecule has 0 spiro atoms. The van der Waals surface area contributed by atoms with Gasteiger partial charge in [0.2, 0.25) is 0 Å². The van der Waals surface area contributed by atoms with E-state index in [4.69, 9.17) is 27.9 Å². The summed E-state index contributed by atoms with van der Waals surface area (Å²) in [5, 5.41) is 3.56. The Balaban J connectivity index is 1.74. The van der Waals surface area contributed by atoms with Crippen molar-refractivity contribution in [2.24, 2.45) is 7.05 Å². The van der Waals surface area contributed by atoms with E-state index in [9.17, 15) is 9.18 Å². The van der Waals surface area contributed by atoms with Gasteiger partial charge in [0.25, 0.3) is 5.91 Å². The SMILES string of the molecule is Cn1ccnc1C(NC(=O)COc1ccc(Cl)c(Cl)c1)c1cccc(F)c1. The molecular weight excluding hydrogens is 392 g/mol. The lowest BCUT2D eigenvalue weighted by atomic mass is 10.1. The third kappa shape index (κ3) is 4.78. The first-order valence-electron chi connectivity index (χ1n) is 8.04. The van der Waals surface area contributed by atoms with Gasteiger partial charge in [-0.1, -0.05) is 35.3 Å². The van der Waals surface area contributed by atoms with Crippen LogP contribution in [-0.2, 0) is 11.8 Å². The Hall–Kier alpha value is -2.57. The largest absolute Gasteiger partial charge is 0.484 e. The third-order valence-corrected chi connectivity index (χ3v) is 4.60. The number of nitrogens with one attached hydrogen (secondary N) is 1. The highest BCUT2D eigenvalue weighted by Crippen LogP contribution is 2.26. The Kier molecular flexibility index (Phi) is 5.98. The Morgan fingerprint density at radius 2 is 2.07 bits per heavy atom. The average Bonchev–Trinajstić information content (AvgIpc) is 3.06. The number of carbonyl (C=O) groups excluding carboxylic acids is 1. The number of benzene rings is 2. The van der Waals surface area contributed by atoms with Gasteiger partial charge in [-0.05, 0) is 29.8 Å². The second-order valence-electron chi connectivity index (χ2n) is 5.82. The minimum atomic E-state index is -0.620. The molecule has 3 rings (SSSR count). The fourth-order valence-electron chi connectivity index (χ4n) is 2.56. The summed E-state index contributed by atoms with van der Waals surface area (Å²) in [5.74, 6) is 0.202. The van der Waals surface area contributed by atoms with E-state index in [1.54, 1.807) is 48.3 Å².